The van der Waals surface area contributed by atoms with Gasteiger partial charge in [0.2, 0.25) is 0 Å². The predicted molar refractivity (Wildman–Crippen MR) is 124 cm³/mol. The van der Waals surface area contributed by atoms with E-state index in [4.69, 9.17) is 9.72 Å². The molecule has 4 aromatic rings. The number of amides is 1. The lowest BCUT2D eigenvalue weighted by Gasteiger charge is -2.32. The summed E-state index contributed by atoms with van der Waals surface area (Å²) in [6.07, 6.45) is 4.02. The van der Waals surface area contributed by atoms with Crippen LogP contribution in [0.5, 0.6) is 5.75 Å². The number of nitrogens with zero attached hydrogens (tertiary/aromatic N) is 2. The second kappa shape index (κ2) is 7.73. The Hall–Kier alpha value is -3.34. The van der Waals surface area contributed by atoms with E-state index >= 15 is 0 Å². The number of nitrogens with one attached hydrogen (secondary N) is 1. The fourth-order valence-corrected chi connectivity index (χ4v) is 4.74. The van der Waals surface area contributed by atoms with Gasteiger partial charge in [-0.15, -0.1) is 0 Å². The van der Waals surface area contributed by atoms with Gasteiger partial charge in [-0.25, -0.2) is 0 Å². The Bertz CT molecular complexity index is 1280. The molecule has 1 fully saturated rings. The molecule has 0 bridgehead atoms. The SMILES string of the molecule is COc1ccc2[nH]cc(C3CCN(C(=O)c4cc5ccc(C)cc5nc4C)CC3)c2c1. The number of likely N-dealkylation sites (tertiary alicyclic amines) is 1. The number of hydrogen-bond acceptors (Lipinski definition) is 3. The average Bonchev–Trinajstić information content (AvgIpc) is 3.21. The van der Waals surface area contributed by atoms with Crippen molar-refractivity contribution in [3.8, 4) is 5.75 Å². The smallest absolute Gasteiger partial charge is 0.255 e. The fourth-order valence-electron chi connectivity index (χ4n) is 4.74. The molecule has 2 aromatic heterocycles. The Kier molecular flexibility index (Phi) is 4.89. The van der Waals surface area contributed by atoms with Crippen LogP contribution in [0.1, 0.15) is 45.9 Å². The number of carbonyl (C=O) groups is 1. The van der Waals surface area contributed by atoms with Crippen LogP contribution in [0.25, 0.3) is 21.8 Å². The van der Waals surface area contributed by atoms with Gasteiger partial charge in [0.05, 0.1) is 23.9 Å². The highest BCUT2D eigenvalue weighted by Crippen LogP contribution is 2.35. The van der Waals surface area contributed by atoms with Crippen LogP contribution in [-0.4, -0.2) is 41.0 Å². The van der Waals surface area contributed by atoms with Crippen molar-refractivity contribution in [3.05, 3.63) is 71.0 Å². The van der Waals surface area contributed by atoms with Gasteiger partial charge >= 0.3 is 0 Å². The second-order valence-electron chi connectivity index (χ2n) is 8.54. The first-order chi connectivity index (χ1) is 15.0. The maximum Gasteiger partial charge on any atom is 0.255 e. The first kappa shape index (κ1) is 19.6. The van der Waals surface area contributed by atoms with Crippen molar-refractivity contribution in [2.75, 3.05) is 20.2 Å². The van der Waals surface area contributed by atoms with Gasteiger partial charge in [0, 0.05) is 35.6 Å². The number of ether oxygens (including phenoxy) is 1. The van der Waals surface area contributed by atoms with E-state index in [9.17, 15) is 4.79 Å². The Morgan fingerprint density at radius 3 is 2.68 bits per heavy atom. The zero-order chi connectivity index (χ0) is 21.5. The maximum atomic E-state index is 13.3. The molecule has 0 atom stereocenters. The third kappa shape index (κ3) is 3.54. The molecule has 1 aliphatic rings. The van der Waals surface area contributed by atoms with E-state index in [-0.39, 0.29) is 5.91 Å². The number of aromatic nitrogens is 2. The van der Waals surface area contributed by atoms with Crippen molar-refractivity contribution in [1.29, 1.82) is 0 Å². The van der Waals surface area contributed by atoms with Gasteiger partial charge < -0.3 is 14.6 Å². The third-order valence-electron chi connectivity index (χ3n) is 6.54. The first-order valence-electron chi connectivity index (χ1n) is 10.9. The van der Waals surface area contributed by atoms with E-state index in [0.29, 0.717) is 11.5 Å². The lowest BCUT2D eigenvalue weighted by atomic mass is 9.89. The van der Waals surface area contributed by atoms with Crippen molar-refractivity contribution in [2.45, 2.75) is 32.6 Å². The van der Waals surface area contributed by atoms with Crippen LogP contribution in [0.2, 0.25) is 0 Å². The van der Waals surface area contributed by atoms with Crippen LogP contribution in [0.15, 0.2) is 48.7 Å². The molecule has 1 aliphatic heterocycles. The number of benzene rings is 2. The molecule has 0 aliphatic carbocycles. The molecule has 2 aromatic carbocycles. The van der Waals surface area contributed by atoms with Gasteiger partial charge in [-0.2, -0.15) is 0 Å². The lowest BCUT2D eigenvalue weighted by Crippen LogP contribution is -2.38. The number of pyridine rings is 1. The molecule has 5 rings (SSSR count). The molecular weight excluding hydrogens is 386 g/mol. The highest BCUT2D eigenvalue weighted by atomic mass is 16.5. The van der Waals surface area contributed by atoms with Crippen LogP contribution >= 0.6 is 0 Å². The topological polar surface area (TPSA) is 58.2 Å². The van der Waals surface area contributed by atoms with Gasteiger partial charge in [-0.05, 0) is 74.1 Å². The van der Waals surface area contributed by atoms with E-state index in [1.54, 1.807) is 7.11 Å². The molecular formula is C26H27N3O2. The number of aryl methyl sites for hydroxylation is 2. The van der Waals surface area contributed by atoms with E-state index in [1.165, 1.54) is 16.5 Å². The lowest BCUT2D eigenvalue weighted by molar-refractivity contribution is 0.0712. The number of H-pyrrole nitrogens is 1. The number of rotatable bonds is 3. The van der Waals surface area contributed by atoms with Gasteiger partial charge in [0.15, 0.2) is 0 Å². The molecule has 1 saturated heterocycles. The number of aromatic amines is 1. The molecule has 31 heavy (non-hydrogen) atoms. The summed E-state index contributed by atoms with van der Waals surface area (Å²) in [6.45, 7) is 5.50. The summed E-state index contributed by atoms with van der Waals surface area (Å²) in [5.74, 6) is 1.39. The number of carbonyl (C=O) groups excluding carboxylic acids is 1. The molecule has 1 N–H and O–H groups in total. The molecule has 3 heterocycles. The fraction of sp³-hybridized carbons (Fsp3) is 0.308. The minimum absolute atomic E-state index is 0.0894. The Morgan fingerprint density at radius 1 is 1.10 bits per heavy atom. The molecule has 0 saturated carbocycles. The van der Waals surface area contributed by atoms with Gasteiger partial charge in [-0.1, -0.05) is 12.1 Å². The van der Waals surface area contributed by atoms with Crippen LogP contribution < -0.4 is 4.74 Å². The number of piperidine rings is 1. The zero-order valence-electron chi connectivity index (χ0n) is 18.2. The monoisotopic (exact) mass is 413 g/mol. The highest BCUT2D eigenvalue weighted by molar-refractivity contribution is 5.98. The summed E-state index contributed by atoms with van der Waals surface area (Å²) in [5.41, 5.74) is 6.08. The molecule has 0 spiro atoms. The largest absolute Gasteiger partial charge is 0.497 e. The van der Waals surface area contributed by atoms with Crippen molar-refractivity contribution in [3.63, 3.8) is 0 Å². The summed E-state index contributed by atoms with van der Waals surface area (Å²) in [5, 5.41) is 2.23. The predicted octanol–water partition coefficient (Wildman–Crippen LogP) is 5.36. The Morgan fingerprint density at radius 2 is 1.90 bits per heavy atom. The summed E-state index contributed by atoms with van der Waals surface area (Å²) < 4.78 is 5.41. The quantitative estimate of drug-likeness (QED) is 0.492. The van der Waals surface area contributed by atoms with Gasteiger partial charge in [0.25, 0.3) is 5.91 Å². The zero-order valence-corrected chi connectivity index (χ0v) is 18.2. The molecule has 0 unspecified atom stereocenters. The standard InChI is InChI=1S/C26H27N3O2/c1-16-4-5-19-13-21(17(2)28-25(19)12-16)26(30)29-10-8-18(9-11-29)23-15-27-24-7-6-20(31-3)14-22(23)24/h4-7,12-15,18,27H,8-11H2,1-3H3. The summed E-state index contributed by atoms with van der Waals surface area (Å²) >= 11 is 0. The average molecular weight is 414 g/mol. The van der Waals surface area contributed by atoms with E-state index in [1.807, 2.05) is 30.0 Å². The molecule has 158 valence electrons. The highest BCUT2D eigenvalue weighted by Gasteiger charge is 2.27. The Balaban J connectivity index is 1.35. The van der Waals surface area contributed by atoms with Crippen LogP contribution in [-0.2, 0) is 0 Å². The molecule has 0 radical (unpaired) electrons. The minimum atomic E-state index is 0.0894. The normalized spacial score (nSPS) is 15.0. The van der Waals surface area contributed by atoms with Crippen LogP contribution in [0.4, 0.5) is 0 Å². The Labute approximate surface area is 182 Å². The molecule has 1 amide bonds. The number of methoxy groups -OCH3 is 1. The maximum absolute atomic E-state index is 13.3. The van der Waals surface area contributed by atoms with Gasteiger partial charge in [0.1, 0.15) is 5.75 Å². The third-order valence-corrected chi connectivity index (χ3v) is 6.54. The number of hydrogen-bond donors (Lipinski definition) is 1. The molecule has 5 nitrogen and oxygen atoms in total. The minimum Gasteiger partial charge on any atom is -0.497 e. The van der Waals surface area contributed by atoms with E-state index in [0.717, 1.165) is 53.8 Å². The van der Waals surface area contributed by atoms with Crippen molar-refractivity contribution in [1.82, 2.24) is 14.9 Å². The van der Waals surface area contributed by atoms with Crippen molar-refractivity contribution in [2.24, 2.45) is 0 Å². The van der Waals surface area contributed by atoms with Crippen LogP contribution in [0.3, 0.4) is 0 Å². The van der Waals surface area contributed by atoms with Crippen molar-refractivity contribution < 1.29 is 9.53 Å². The van der Waals surface area contributed by atoms with Crippen molar-refractivity contribution >= 4 is 27.7 Å². The first-order valence-corrected chi connectivity index (χ1v) is 10.9. The summed E-state index contributed by atoms with van der Waals surface area (Å²) in [7, 11) is 1.70. The molecule has 5 heteroatoms. The van der Waals surface area contributed by atoms with Crippen LogP contribution in [0, 0.1) is 13.8 Å². The van der Waals surface area contributed by atoms with E-state index < -0.39 is 0 Å². The second-order valence-corrected chi connectivity index (χ2v) is 8.54. The summed E-state index contributed by atoms with van der Waals surface area (Å²) in [6, 6.07) is 14.3. The van der Waals surface area contributed by atoms with E-state index in [2.05, 4.69) is 42.4 Å². The summed E-state index contributed by atoms with van der Waals surface area (Å²) in [4.78, 5) is 23.3. The number of fused-ring (bicyclic) bond motifs is 2. The van der Waals surface area contributed by atoms with Gasteiger partial charge in [-0.3, -0.25) is 9.78 Å².